The van der Waals surface area contributed by atoms with Crippen LogP contribution in [0.3, 0.4) is 0 Å². The summed E-state index contributed by atoms with van der Waals surface area (Å²) in [6, 6.07) is 4.15. The molecule has 1 heterocycles. The van der Waals surface area contributed by atoms with Crippen molar-refractivity contribution in [3.63, 3.8) is 0 Å². The molecule has 0 aliphatic carbocycles. The van der Waals surface area contributed by atoms with E-state index in [0.29, 0.717) is 0 Å². The molecule has 3 heteroatoms. The Morgan fingerprint density at radius 3 is 1.50 bits per heavy atom. The van der Waals surface area contributed by atoms with Crippen LogP contribution in [0.25, 0.3) is 0 Å². The fourth-order valence-corrected chi connectivity index (χ4v) is 1.34. The summed E-state index contributed by atoms with van der Waals surface area (Å²) in [5.41, 5.74) is 1.29. The largest absolute Gasteiger partial charge is 0.370 e. The normalized spacial score (nSPS) is 7.54. The quantitative estimate of drug-likeness (QED) is 0.476. The number of anilines is 1. The zero-order valence-corrected chi connectivity index (χ0v) is 21.0. The van der Waals surface area contributed by atoms with E-state index in [1.807, 2.05) is 40.0 Å². The first-order valence-electron chi connectivity index (χ1n) is 10.8. The lowest BCUT2D eigenvalue weighted by Gasteiger charge is -2.03. The number of nitrogens with one attached hydrogen (secondary N) is 1. The minimum Gasteiger partial charge on any atom is -0.370 e. The van der Waals surface area contributed by atoms with Crippen molar-refractivity contribution in [2.24, 2.45) is 0 Å². The molecule has 0 bridgehead atoms. The van der Waals surface area contributed by atoms with Gasteiger partial charge in [-0.15, -0.1) is 0 Å². The third-order valence-electron chi connectivity index (χ3n) is 2.50. The smallest absolute Gasteiger partial charge is 0.125 e. The summed E-state index contributed by atoms with van der Waals surface area (Å²) in [4.78, 5) is 4.28. The Morgan fingerprint density at radius 1 is 0.808 bits per heavy atom. The van der Waals surface area contributed by atoms with Crippen LogP contribution in [0, 0.1) is 0 Å². The van der Waals surface area contributed by atoms with E-state index in [1.54, 1.807) is 6.26 Å². The van der Waals surface area contributed by atoms with Gasteiger partial charge in [-0.3, -0.25) is 0 Å². The lowest BCUT2D eigenvalue weighted by molar-refractivity contribution is 0.772. The van der Waals surface area contributed by atoms with Crippen LogP contribution in [0.1, 0.15) is 107 Å². The second-order valence-corrected chi connectivity index (χ2v) is 4.89. The molecule has 0 saturated heterocycles. The van der Waals surface area contributed by atoms with E-state index >= 15 is 0 Å². The molecular weight excluding hydrogens is 336 g/mol. The average molecular weight is 389 g/mol. The van der Waals surface area contributed by atoms with E-state index in [1.165, 1.54) is 31.2 Å². The standard InChI is InChI=1S/C10H16N2.C5H12.C3H8.2C2H6.CH4S/c1-3-7-11-10-6-5-9(4-2)8-12-10;1-3-5-4-2;1-3-2;3*1-2/h5-6,8H,3-4,7H2,1-2H3,(H,11,12);3-5H2,1-2H3;3H2,1-2H3;2*1-2H3;2H,1H3. The lowest BCUT2D eigenvalue weighted by Crippen LogP contribution is -2.01. The minimum absolute atomic E-state index is 0.981. The zero-order chi connectivity index (χ0) is 21.6. The molecule has 0 unspecified atom stereocenters. The van der Waals surface area contributed by atoms with Crippen molar-refractivity contribution in [3.8, 4) is 0 Å². The maximum Gasteiger partial charge on any atom is 0.125 e. The van der Waals surface area contributed by atoms with E-state index in [-0.39, 0.29) is 0 Å². The third kappa shape index (κ3) is 38.7. The SMILES string of the molecule is CC.CC.CCC.CCCCC.CCCNc1ccc(CC)cn1.CS. The van der Waals surface area contributed by atoms with Crippen LogP contribution >= 0.6 is 12.6 Å². The number of hydrogen-bond acceptors (Lipinski definition) is 3. The molecule has 0 saturated carbocycles. The first kappa shape index (κ1) is 36.3. The number of aromatic nitrogens is 1. The molecule has 1 N–H and O–H groups in total. The van der Waals surface area contributed by atoms with Gasteiger partial charge in [-0.2, -0.15) is 12.6 Å². The van der Waals surface area contributed by atoms with Gasteiger partial charge in [0.2, 0.25) is 0 Å². The Hall–Kier alpha value is -0.700. The van der Waals surface area contributed by atoms with E-state index in [0.717, 1.165) is 25.2 Å². The van der Waals surface area contributed by atoms with Gasteiger partial charge in [0.15, 0.2) is 0 Å². The monoisotopic (exact) mass is 388 g/mol. The number of hydrogen-bond donors (Lipinski definition) is 2. The number of aryl methyl sites for hydroxylation is 1. The van der Waals surface area contributed by atoms with Crippen molar-refractivity contribution in [2.45, 2.75) is 108 Å². The highest BCUT2D eigenvalue weighted by Crippen LogP contribution is 2.04. The molecule has 0 aromatic carbocycles. The van der Waals surface area contributed by atoms with Crippen LogP contribution in [-0.4, -0.2) is 17.8 Å². The van der Waals surface area contributed by atoms with Crippen LogP contribution in [-0.2, 0) is 6.42 Å². The lowest BCUT2D eigenvalue weighted by atomic mass is 10.2. The molecule has 160 valence electrons. The van der Waals surface area contributed by atoms with Crippen LogP contribution in [0.5, 0.6) is 0 Å². The highest BCUT2D eigenvalue weighted by Gasteiger charge is 1.91. The predicted molar refractivity (Wildman–Crippen MR) is 131 cm³/mol. The molecule has 0 atom stereocenters. The Labute approximate surface area is 173 Å². The van der Waals surface area contributed by atoms with Gasteiger partial charge >= 0.3 is 0 Å². The predicted octanol–water partition coefficient (Wildman–Crippen LogP) is 8.68. The van der Waals surface area contributed by atoms with Gasteiger partial charge in [0.1, 0.15) is 5.82 Å². The summed E-state index contributed by atoms with van der Waals surface area (Å²) in [5.74, 6) is 0.981. The van der Waals surface area contributed by atoms with Crippen molar-refractivity contribution in [1.82, 2.24) is 4.98 Å². The van der Waals surface area contributed by atoms with E-state index in [2.05, 4.69) is 70.5 Å². The molecule has 1 aromatic rings. The fourth-order valence-electron chi connectivity index (χ4n) is 1.34. The second-order valence-electron chi connectivity index (χ2n) is 4.89. The first-order valence-corrected chi connectivity index (χ1v) is 11.7. The highest BCUT2D eigenvalue weighted by atomic mass is 32.1. The molecule has 1 rings (SSSR count). The molecule has 0 spiro atoms. The topological polar surface area (TPSA) is 24.9 Å². The minimum atomic E-state index is 0.981. The van der Waals surface area contributed by atoms with E-state index in [9.17, 15) is 0 Å². The number of unbranched alkanes of at least 4 members (excludes halogenated alkanes) is 2. The van der Waals surface area contributed by atoms with Gasteiger partial charge < -0.3 is 5.32 Å². The van der Waals surface area contributed by atoms with Crippen LogP contribution < -0.4 is 5.32 Å². The summed E-state index contributed by atoms with van der Waals surface area (Å²) in [7, 11) is 0. The van der Waals surface area contributed by atoms with Crippen molar-refractivity contribution in [3.05, 3.63) is 23.9 Å². The number of rotatable bonds is 6. The van der Waals surface area contributed by atoms with Gasteiger partial charge in [0, 0.05) is 12.7 Å². The Morgan fingerprint density at radius 2 is 1.27 bits per heavy atom. The third-order valence-corrected chi connectivity index (χ3v) is 2.50. The zero-order valence-electron chi connectivity index (χ0n) is 20.1. The summed E-state index contributed by atoms with van der Waals surface area (Å²) >= 11 is 3.53. The van der Waals surface area contributed by atoms with Gasteiger partial charge in [0.05, 0.1) is 0 Å². The number of nitrogens with zero attached hydrogens (tertiary/aromatic N) is 1. The van der Waals surface area contributed by atoms with Crippen LogP contribution in [0.2, 0.25) is 0 Å². The number of thiol groups is 1. The summed E-state index contributed by atoms with van der Waals surface area (Å²) < 4.78 is 0. The Balaban J connectivity index is -0.0000000882. The Kier molecular flexibility index (Phi) is 61.5. The molecule has 1 aromatic heterocycles. The first-order chi connectivity index (χ1) is 12.7. The summed E-state index contributed by atoms with van der Waals surface area (Å²) in [6.07, 6.45) is 11.1. The molecule has 0 aliphatic heterocycles. The van der Waals surface area contributed by atoms with Gasteiger partial charge in [-0.05, 0) is 30.7 Å². The maximum atomic E-state index is 4.28. The van der Waals surface area contributed by atoms with Gasteiger partial charge in [-0.1, -0.05) is 101 Å². The van der Waals surface area contributed by atoms with E-state index in [4.69, 9.17) is 0 Å². The van der Waals surface area contributed by atoms with Crippen LogP contribution in [0.4, 0.5) is 5.82 Å². The van der Waals surface area contributed by atoms with Gasteiger partial charge in [0.25, 0.3) is 0 Å². The van der Waals surface area contributed by atoms with Gasteiger partial charge in [-0.25, -0.2) is 4.98 Å². The molecule has 0 aliphatic rings. The summed E-state index contributed by atoms with van der Waals surface area (Å²) in [6.45, 7) is 22.0. The van der Waals surface area contributed by atoms with Crippen molar-refractivity contribution >= 4 is 18.4 Å². The highest BCUT2D eigenvalue weighted by molar-refractivity contribution is 7.79. The van der Waals surface area contributed by atoms with Crippen molar-refractivity contribution in [2.75, 3.05) is 18.1 Å². The Bertz CT molecular complexity index is 272. The maximum absolute atomic E-state index is 4.28. The molecule has 0 fully saturated rings. The molecule has 2 nitrogen and oxygen atoms in total. The second kappa shape index (κ2) is 44.1. The molecule has 0 radical (unpaired) electrons. The van der Waals surface area contributed by atoms with Crippen molar-refractivity contribution < 1.29 is 0 Å². The van der Waals surface area contributed by atoms with Crippen LogP contribution in [0.15, 0.2) is 18.3 Å². The van der Waals surface area contributed by atoms with E-state index < -0.39 is 0 Å². The fraction of sp³-hybridized carbons (Fsp3) is 0.783. The summed E-state index contributed by atoms with van der Waals surface area (Å²) in [5, 5.41) is 3.23. The molecule has 0 amide bonds. The molecular formula is C23H52N2S. The van der Waals surface area contributed by atoms with Crippen molar-refractivity contribution in [1.29, 1.82) is 0 Å². The molecule has 26 heavy (non-hydrogen) atoms. The number of pyridine rings is 1. The average Bonchev–Trinajstić information content (AvgIpc) is 2.73.